The van der Waals surface area contributed by atoms with E-state index in [2.05, 4.69) is 4.74 Å². The summed E-state index contributed by atoms with van der Waals surface area (Å²) >= 11 is 0. The van der Waals surface area contributed by atoms with Gasteiger partial charge in [0.25, 0.3) is 0 Å². The Bertz CT molecular complexity index is 525. The second-order valence-corrected chi connectivity index (χ2v) is 4.93. The maximum Gasteiger partial charge on any atom is 0.321 e. The molecule has 6 nitrogen and oxygen atoms in total. The molecule has 0 aliphatic rings. The summed E-state index contributed by atoms with van der Waals surface area (Å²) in [4.78, 5) is 36.6. The Labute approximate surface area is 135 Å². The van der Waals surface area contributed by atoms with Gasteiger partial charge in [0.15, 0.2) is 5.92 Å². The van der Waals surface area contributed by atoms with Crippen molar-refractivity contribution < 1.29 is 28.6 Å². The molecule has 0 fully saturated rings. The van der Waals surface area contributed by atoms with Crippen LogP contribution in [0.25, 0.3) is 0 Å². The molecule has 6 heteroatoms. The van der Waals surface area contributed by atoms with Gasteiger partial charge in [-0.2, -0.15) is 0 Å². The third-order valence-corrected chi connectivity index (χ3v) is 3.40. The average molecular weight is 322 g/mol. The summed E-state index contributed by atoms with van der Waals surface area (Å²) in [6.45, 7) is 2.14. The summed E-state index contributed by atoms with van der Waals surface area (Å²) in [6, 6.07) is 8.49. The van der Waals surface area contributed by atoms with Crippen LogP contribution in [0, 0.1) is 5.92 Å². The molecule has 0 spiro atoms. The molecule has 0 saturated heterocycles. The number of benzene rings is 1. The van der Waals surface area contributed by atoms with Crippen LogP contribution in [0.1, 0.15) is 31.2 Å². The van der Waals surface area contributed by atoms with Crippen molar-refractivity contribution >= 4 is 17.9 Å². The second-order valence-electron chi connectivity index (χ2n) is 4.93. The van der Waals surface area contributed by atoms with Gasteiger partial charge in [-0.05, 0) is 12.0 Å². The number of hydrogen-bond acceptors (Lipinski definition) is 6. The maximum atomic E-state index is 12.3. The molecule has 0 heterocycles. The van der Waals surface area contributed by atoms with Gasteiger partial charge in [0.1, 0.15) is 5.92 Å². The average Bonchev–Trinajstić information content (AvgIpc) is 2.59. The topological polar surface area (TPSA) is 78.9 Å². The number of methoxy groups -OCH3 is 2. The molecular formula is C17H22O6. The Morgan fingerprint density at radius 2 is 1.57 bits per heavy atom. The zero-order valence-corrected chi connectivity index (χ0v) is 13.6. The zero-order chi connectivity index (χ0) is 17.2. The predicted octanol–water partition coefficient (Wildman–Crippen LogP) is 2.08. The molecule has 1 rings (SSSR count). The van der Waals surface area contributed by atoms with Crippen LogP contribution in [-0.2, 0) is 28.6 Å². The van der Waals surface area contributed by atoms with Gasteiger partial charge in [-0.15, -0.1) is 0 Å². The van der Waals surface area contributed by atoms with Gasteiger partial charge in [0, 0.05) is 0 Å². The molecule has 2 unspecified atom stereocenters. The molecule has 0 bridgehead atoms. The van der Waals surface area contributed by atoms with Gasteiger partial charge in [-0.25, -0.2) is 0 Å². The molecule has 0 amide bonds. The fraction of sp³-hybridized carbons (Fsp3) is 0.471. The van der Waals surface area contributed by atoms with E-state index in [0.717, 1.165) is 13.5 Å². The molecule has 0 saturated carbocycles. The highest BCUT2D eigenvalue weighted by Gasteiger charge is 2.43. The quantitative estimate of drug-likeness (QED) is 0.315. The van der Waals surface area contributed by atoms with Gasteiger partial charge >= 0.3 is 17.9 Å². The molecule has 1 aromatic carbocycles. The Kier molecular flexibility index (Phi) is 7.80. The second kappa shape index (κ2) is 9.61. The molecule has 126 valence electrons. The third-order valence-electron chi connectivity index (χ3n) is 3.40. The van der Waals surface area contributed by atoms with Crippen LogP contribution in [0.2, 0.25) is 0 Å². The highest BCUT2D eigenvalue weighted by atomic mass is 16.6. The normalized spacial score (nSPS) is 12.8. The van der Waals surface area contributed by atoms with E-state index in [4.69, 9.17) is 9.47 Å². The summed E-state index contributed by atoms with van der Waals surface area (Å²) in [5.41, 5.74) is 0.488. The molecule has 23 heavy (non-hydrogen) atoms. The highest BCUT2D eigenvalue weighted by molar-refractivity contribution is 6.01. The Hall–Kier alpha value is -2.37. The monoisotopic (exact) mass is 322 g/mol. The summed E-state index contributed by atoms with van der Waals surface area (Å²) in [5.74, 6) is -4.82. The molecule has 2 atom stereocenters. The summed E-state index contributed by atoms with van der Waals surface area (Å²) in [6.07, 6.45) is 1.52. The predicted molar refractivity (Wildman–Crippen MR) is 82.6 cm³/mol. The summed E-state index contributed by atoms with van der Waals surface area (Å²) in [5, 5.41) is 0. The molecule has 0 radical (unpaired) electrons. The third kappa shape index (κ3) is 5.09. The van der Waals surface area contributed by atoms with E-state index < -0.39 is 29.7 Å². The van der Waals surface area contributed by atoms with Gasteiger partial charge in [-0.3, -0.25) is 14.4 Å². The maximum absolute atomic E-state index is 12.3. The number of ether oxygens (including phenoxy) is 3. The van der Waals surface area contributed by atoms with Crippen molar-refractivity contribution in [2.45, 2.75) is 25.7 Å². The lowest BCUT2D eigenvalue weighted by atomic mass is 9.86. The van der Waals surface area contributed by atoms with Crippen molar-refractivity contribution in [1.82, 2.24) is 0 Å². The minimum Gasteiger partial charge on any atom is -0.469 e. The SMILES string of the molecule is CCCCOC(=O)C(C(=O)OC)C(C(=O)OC)c1ccccc1. The fourth-order valence-corrected chi connectivity index (χ4v) is 2.15. The molecule has 0 N–H and O–H groups in total. The standard InChI is InChI=1S/C17H22O6/c1-4-5-11-23-17(20)14(16(19)22-3)13(15(18)21-2)12-9-7-6-8-10-12/h6-10,13-14H,4-5,11H2,1-3H3. The first-order valence-electron chi connectivity index (χ1n) is 7.44. The number of carbonyl (C=O) groups is 3. The van der Waals surface area contributed by atoms with Crippen molar-refractivity contribution in [3.8, 4) is 0 Å². The number of rotatable bonds is 8. The molecular weight excluding hydrogens is 300 g/mol. The number of esters is 3. The molecule has 1 aromatic rings. The lowest BCUT2D eigenvalue weighted by Crippen LogP contribution is -2.37. The fourth-order valence-electron chi connectivity index (χ4n) is 2.15. The van der Waals surface area contributed by atoms with E-state index in [1.165, 1.54) is 7.11 Å². The summed E-state index contributed by atoms with van der Waals surface area (Å²) < 4.78 is 14.6. The first-order chi connectivity index (χ1) is 11.1. The highest BCUT2D eigenvalue weighted by Crippen LogP contribution is 2.28. The van der Waals surface area contributed by atoms with E-state index in [9.17, 15) is 14.4 Å². The van der Waals surface area contributed by atoms with Crippen LogP contribution in [-0.4, -0.2) is 38.7 Å². The van der Waals surface area contributed by atoms with E-state index in [-0.39, 0.29) is 6.61 Å². The largest absolute Gasteiger partial charge is 0.469 e. The Morgan fingerprint density at radius 3 is 2.09 bits per heavy atom. The van der Waals surface area contributed by atoms with E-state index >= 15 is 0 Å². The van der Waals surface area contributed by atoms with Gasteiger partial charge in [0.2, 0.25) is 0 Å². The van der Waals surface area contributed by atoms with Gasteiger partial charge in [0.05, 0.1) is 20.8 Å². The van der Waals surface area contributed by atoms with Crippen LogP contribution in [0.4, 0.5) is 0 Å². The van der Waals surface area contributed by atoms with Gasteiger partial charge < -0.3 is 14.2 Å². The number of hydrogen-bond donors (Lipinski definition) is 0. The molecule has 0 aliphatic carbocycles. The number of unbranched alkanes of at least 4 members (excludes halogenated alkanes) is 1. The number of carbonyl (C=O) groups excluding carboxylic acids is 3. The van der Waals surface area contributed by atoms with Crippen molar-refractivity contribution in [3.05, 3.63) is 35.9 Å². The van der Waals surface area contributed by atoms with E-state index in [1.807, 2.05) is 6.92 Å². The lowest BCUT2D eigenvalue weighted by molar-refractivity contribution is -0.166. The first-order valence-corrected chi connectivity index (χ1v) is 7.44. The van der Waals surface area contributed by atoms with E-state index in [0.29, 0.717) is 12.0 Å². The van der Waals surface area contributed by atoms with Crippen LogP contribution in [0.3, 0.4) is 0 Å². The minimum atomic E-state index is -1.40. The smallest absolute Gasteiger partial charge is 0.321 e. The molecule has 0 aromatic heterocycles. The Balaban J connectivity index is 3.15. The van der Waals surface area contributed by atoms with Crippen molar-refractivity contribution in [1.29, 1.82) is 0 Å². The van der Waals surface area contributed by atoms with Crippen molar-refractivity contribution in [3.63, 3.8) is 0 Å². The van der Waals surface area contributed by atoms with Gasteiger partial charge in [-0.1, -0.05) is 43.7 Å². The van der Waals surface area contributed by atoms with Crippen LogP contribution >= 0.6 is 0 Å². The van der Waals surface area contributed by atoms with Crippen molar-refractivity contribution in [2.24, 2.45) is 5.92 Å². The molecule has 0 aliphatic heterocycles. The first kappa shape index (κ1) is 18.7. The van der Waals surface area contributed by atoms with Crippen molar-refractivity contribution in [2.75, 3.05) is 20.8 Å². The van der Waals surface area contributed by atoms with Crippen LogP contribution < -0.4 is 0 Å². The van der Waals surface area contributed by atoms with Crippen LogP contribution in [0.5, 0.6) is 0 Å². The summed E-state index contributed by atoms with van der Waals surface area (Å²) in [7, 11) is 2.36. The Morgan fingerprint density at radius 1 is 0.957 bits per heavy atom. The van der Waals surface area contributed by atoms with Crippen LogP contribution in [0.15, 0.2) is 30.3 Å². The zero-order valence-electron chi connectivity index (χ0n) is 13.6. The van der Waals surface area contributed by atoms with E-state index in [1.54, 1.807) is 30.3 Å². The minimum absolute atomic E-state index is 0.186. The lowest BCUT2D eigenvalue weighted by Gasteiger charge is -2.22.